The second-order valence-corrected chi connectivity index (χ2v) is 8.35. The van der Waals surface area contributed by atoms with Crippen LogP contribution in [0.2, 0.25) is 0 Å². The van der Waals surface area contributed by atoms with E-state index in [4.69, 9.17) is 9.57 Å². The smallest absolute Gasteiger partial charge is 0.263 e. The van der Waals surface area contributed by atoms with E-state index in [9.17, 15) is 13.9 Å². The van der Waals surface area contributed by atoms with E-state index >= 15 is 0 Å². The number of hydrogen-bond acceptors (Lipinski definition) is 6. The van der Waals surface area contributed by atoms with E-state index in [2.05, 4.69) is 10.1 Å². The van der Waals surface area contributed by atoms with Crippen LogP contribution in [0.4, 0.5) is 8.78 Å². The van der Waals surface area contributed by atoms with Crippen LogP contribution >= 0.6 is 0 Å². The molecule has 1 atom stereocenters. The van der Waals surface area contributed by atoms with Crippen LogP contribution < -0.4 is 4.74 Å². The highest BCUT2D eigenvalue weighted by Crippen LogP contribution is 2.41. The van der Waals surface area contributed by atoms with E-state index in [0.29, 0.717) is 18.1 Å². The molecular formula is C25H24F2N4O3. The standard InChI is InChI=1S/C25H24F2N4O3/c1-16-13-30(15-28-16)22-8-5-17(11-23(22)33-2)10-18-4-3-9-31-24(18)29-34-25(31,14-32)20-7-6-19(26)12-21(20)27/h5-8,10-13,15,32H,3-4,9,14H2,1-2H3. The number of rotatable bonds is 5. The zero-order chi connectivity index (χ0) is 23.9. The van der Waals surface area contributed by atoms with Gasteiger partial charge in [-0.15, -0.1) is 0 Å². The average molecular weight is 466 g/mol. The number of methoxy groups -OCH3 is 1. The first-order valence-electron chi connectivity index (χ1n) is 11.0. The molecule has 176 valence electrons. The van der Waals surface area contributed by atoms with Gasteiger partial charge in [0.25, 0.3) is 5.72 Å². The van der Waals surface area contributed by atoms with Crippen LogP contribution in [-0.4, -0.2) is 45.7 Å². The van der Waals surface area contributed by atoms with Crippen molar-refractivity contribution >= 4 is 11.9 Å². The lowest BCUT2D eigenvalue weighted by Gasteiger charge is -2.38. The van der Waals surface area contributed by atoms with Gasteiger partial charge >= 0.3 is 0 Å². The molecule has 0 amide bonds. The Morgan fingerprint density at radius 3 is 2.79 bits per heavy atom. The topological polar surface area (TPSA) is 72.1 Å². The first kappa shape index (κ1) is 22.1. The zero-order valence-electron chi connectivity index (χ0n) is 18.8. The molecule has 0 bridgehead atoms. The summed E-state index contributed by atoms with van der Waals surface area (Å²) < 4.78 is 35.7. The minimum atomic E-state index is -1.53. The molecule has 2 aromatic carbocycles. The normalized spacial score (nSPS) is 20.8. The molecule has 1 N–H and O–H groups in total. The van der Waals surface area contributed by atoms with Crippen LogP contribution in [0.1, 0.15) is 29.7 Å². The van der Waals surface area contributed by atoms with E-state index in [1.54, 1.807) is 18.3 Å². The predicted molar refractivity (Wildman–Crippen MR) is 122 cm³/mol. The Bertz CT molecular complexity index is 1300. The molecule has 0 spiro atoms. The molecule has 34 heavy (non-hydrogen) atoms. The minimum absolute atomic E-state index is 0.0399. The van der Waals surface area contributed by atoms with Crippen LogP contribution in [0.5, 0.6) is 5.75 Å². The van der Waals surface area contributed by atoms with E-state index in [1.165, 1.54) is 6.07 Å². The van der Waals surface area contributed by atoms with E-state index < -0.39 is 24.0 Å². The molecule has 5 rings (SSSR count). The van der Waals surface area contributed by atoms with Crippen molar-refractivity contribution in [3.8, 4) is 11.4 Å². The van der Waals surface area contributed by atoms with Gasteiger partial charge in [-0.1, -0.05) is 11.2 Å². The van der Waals surface area contributed by atoms with Crippen molar-refractivity contribution in [3.05, 3.63) is 83.0 Å². The van der Waals surface area contributed by atoms with Crippen molar-refractivity contribution in [1.82, 2.24) is 14.5 Å². The molecule has 0 radical (unpaired) electrons. The Kier molecular flexibility index (Phi) is 5.57. The molecule has 1 saturated heterocycles. The van der Waals surface area contributed by atoms with Gasteiger partial charge in [0, 0.05) is 18.8 Å². The largest absolute Gasteiger partial charge is 0.495 e. The summed E-state index contributed by atoms with van der Waals surface area (Å²) in [4.78, 5) is 11.7. The van der Waals surface area contributed by atoms with E-state index in [0.717, 1.165) is 47.5 Å². The number of ether oxygens (including phenoxy) is 1. The van der Waals surface area contributed by atoms with Crippen molar-refractivity contribution in [3.63, 3.8) is 0 Å². The third-order valence-electron chi connectivity index (χ3n) is 6.19. The number of fused-ring (bicyclic) bond motifs is 1. The van der Waals surface area contributed by atoms with Crippen LogP contribution in [-0.2, 0) is 10.6 Å². The average Bonchev–Trinajstić information content (AvgIpc) is 3.44. The third-order valence-corrected chi connectivity index (χ3v) is 6.19. The van der Waals surface area contributed by atoms with Gasteiger partial charge in [0.05, 0.1) is 30.4 Å². The van der Waals surface area contributed by atoms with Crippen LogP contribution in [0.15, 0.2) is 59.7 Å². The summed E-state index contributed by atoms with van der Waals surface area (Å²) in [7, 11) is 1.61. The quantitative estimate of drug-likeness (QED) is 0.612. The van der Waals surface area contributed by atoms with Gasteiger partial charge in [-0.25, -0.2) is 13.8 Å². The van der Waals surface area contributed by atoms with Gasteiger partial charge in [0.1, 0.15) is 24.0 Å². The van der Waals surface area contributed by atoms with Crippen molar-refractivity contribution in [2.45, 2.75) is 25.5 Å². The SMILES string of the molecule is COc1cc(C=C2CCCN3C2=NOC3(CO)c2ccc(F)cc2F)ccc1-n1cnc(C)c1. The Hall–Kier alpha value is -3.72. The highest BCUT2D eigenvalue weighted by molar-refractivity contribution is 6.03. The molecule has 7 nitrogen and oxygen atoms in total. The monoisotopic (exact) mass is 466 g/mol. The van der Waals surface area contributed by atoms with Gasteiger partial charge in [0.2, 0.25) is 0 Å². The Labute approximate surface area is 195 Å². The fraction of sp³-hybridized carbons (Fsp3) is 0.280. The third kappa shape index (κ3) is 3.62. The van der Waals surface area contributed by atoms with Gasteiger partial charge in [-0.2, -0.15) is 0 Å². The minimum Gasteiger partial charge on any atom is -0.495 e. The zero-order valence-corrected chi connectivity index (χ0v) is 18.8. The number of hydrogen-bond donors (Lipinski definition) is 1. The van der Waals surface area contributed by atoms with Crippen molar-refractivity contribution in [1.29, 1.82) is 0 Å². The molecule has 0 saturated carbocycles. The second-order valence-electron chi connectivity index (χ2n) is 8.35. The van der Waals surface area contributed by atoms with Gasteiger partial charge in [-0.05, 0) is 61.2 Å². The van der Waals surface area contributed by atoms with Crippen molar-refractivity contribution in [2.24, 2.45) is 5.16 Å². The number of piperidine rings is 1. The summed E-state index contributed by atoms with van der Waals surface area (Å²) in [5, 5.41) is 14.5. The van der Waals surface area contributed by atoms with Crippen molar-refractivity contribution in [2.75, 3.05) is 20.3 Å². The second kappa shape index (κ2) is 8.57. The van der Waals surface area contributed by atoms with Crippen LogP contribution in [0.3, 0.4) is 0 Å². The maximum atomic E-state index is 14.7. The fourth-order valence-corrected chi connectivity index (χ4v) is 4.53. The predicted octanol–water partition coefficient (Wildman–Crippen LogP) is 4.14. The number of aromatic nitrogens is 2. The summed E-state index contributed by atoms with van der Waals surface area (Å²) in [6, 6.07) is 9.06. The van der Waals surface area contributed by atoms with Crippen molar-refractivity contribution < 1.29 is 23.5 Å². The summed E-state index contributed by atoms with van der Waals surface area (Å²) in [6.45, 7) is 1.89. The van der Waals surface area contributed by atoms with Gasteiger partial charge < -0.3 is 24.1 Å². The molecule has 2 aliphatic heterocycles. The molecule has 1 unspecified atom stereocenters. The lowest BCUT2D eigenvalue weighted by Crippen LogP contribution is -2.51. The van der Waals surface area contributed by atoms with E-state index in [1.807, 2.05) is 42.0 Å². The molecule has 9 heteroatoms. The Morgan fingerprint density at radius 2 is 2.09 bits per heavy atom. The molecule has 2 aliphatic rings. The number of benzene rings is 2. The lowest BCUT2D eigenvalue weighted by atomic mass is 9.94. The molecule has 3 aromatic rings. The number of aliphatic hydroxyl groups excluding tert-OH is 1. The van der Waals surface area contributed by atoms with Gasteiger partial charge in [0.15, 0.2) is 5.84 Å². The maximum absolute atomic E-state index is 14.7. The Balaban J connectivity index is 1.49. The highest BCUT2D eigenvalue weighted by atomic mass is 19.1. The van der Waals surface area contributed by atoms with Gasteiger partial charge in [-0.3, -0.25) is 0 Å². The first-order valence-corrected chi connectivity index (χ1v) is 11.0. The van der Waals surface area contributed by atoms with Crippen LogP contribution in [0.25, 0.3) is 11.8 Å². The fourth-order valence-electron chi connectivity index (χ4n) is 4.53. The number of halogens is 2. The first-order chi connectivity index (χ1) is 16.4. The summed E-state index contributed by atoms with van der Waals surface area (Å²) in [6.07, 6.45) is 7.12. The highest BCUT2D eigenvalue weighted by Gasteiger charge is 2.50. The molecule has 1 fully saturated rings. The summed E-state index contributed by atoms with van der Waals surface area (Å²) in [5.41, 5.74) is 2.05. The molecule has 3 heterocycles. The molecular weight excluding hydrogens is 442 g/mol. The van der Waals surface area contributed by atoms with E-state index in [-0.39, 0.29) is 5.56 Å². The summed E-state index contributed by atoms with van der Waals surface area (Å²) >= 11 is 0. The number of aliphatic hydroxyl groups is 1. The summed E-state index contributed by atoms with van der Waals surface area (Å²) in [5.74, 6) is -0.285. The maximum Gasteiger partial charge on any atom is 0.263 e. The number of aryl methyl sites for hydroxylation is 1. The number of amidine groups is 1. The molecule has 0 aliphatic carbocycles. The number of oxime groups is 1. The number of nitrogens with zero attached hydrogens (tertiary/aromatic N) is 4. The molecule has 1 aromatic heterocycles. The van der Waals surface area contributed by atoms with Crippen LogP contribution in [0, 0.1) is 18.6 Å². The Morgan fingerprint density at radius 1 is 1.24 bits per heavy atom. The number of imidazole rings is 1. The lowest BCUT2D eigenvalue weighted by molar-refractivity contribution is -0.139.